The molecule has 3 amide bonds. The second-order valence-electron chi connectivity index (χ2n) is 15.2. The molecule has 0 aliphatic carbocycles. The molecule has 0 unspecified atom stereocenters. The highest BCUT2D eigenvalue weighted by atomic mass is 19.4. The average molecular weight is 989 g/mol. The summed E-state index contributed by atoms with van der Waals surface area (Å²) in [7, 11) is 0. The van der Waals surface area contributed by atoms with Crippen molar-refractivity contribution in [1.82, 2.24) is 30.9 Å². The van der Waals surface area contributed by atoms with Crippen molar-refractivity contribution in [1.29, 1.82) is 0 Å². The van der Waals surface area contributed by atoms with Gasteiger partial charge in [-0.15, -0.1) is 5.10 Å². The molecule has 0 spiro atoms. The van der Waals surface area contributed by atoms with E-state index in [-0.39, 0.29) is 58.2 Å². The van der Waals surface area contributed by atoms with Crippen molar-refractivity contribution < 1.29 is 99.8 Å². The number of carboxylic acid groups (broad SMARTS) is 1. The number of aliphatic hydroxyl groups is 4. The molecule has 1 saturated heterocycles. The Hall–Kier alpha value is -4.55. The number of ether oxygens (including phenoxy) is 7. The van der Waals surface area contributed by atoms with E-state index in [0.717, 1.165) is 12.1 Å². The quantitative estimate of drug-likeness (QED) is 0.0320. The fraction of sp³-hybridized carbons (Fsp3) is 0.707. The van der Waals surface area contributed by atoms with Gasteiger partial charge in [0.2, 0.25) is 11.8 Å². The molecule has 1 aromatic carbocycles. The maximum absolute atomic E-state index is 12.9. The third-order valence-corrected chi connectivity index (χ3v) is 9.93. The number of unbranched alkanes of at least 4 members (excludes halogenated alkanes) is 3. The number of carbonyl (C=O) groups is 4. The Bertz CT molecular complexity index is 1780. The molecule has 0 bridgehead atoms. The lowest BCUT2D eigenvalue weighted by atomic mass is 9.88. The predicted molar refractivity (Wildman–Crippen MR) is 221 cm³/mol. The highest BCUT2D eigenvalue weighted by Gasteiger charge is 2.55. The van der Waals surface area contributed by atoms with Gasteiger partial charge in [-0.1, -0.05) is 42.3 Å². The van der Waals surface area contributed by atoms with E-state index in [1.165, 1.54) is 12.1 Å². The summed E-state index contributed by atoms with van der Waals surface area (Å²) in [6.45, 7) is 0.806. The van der Waals surface area contributed by atoms with Crippen molar-refractivity contribution in [2.75, 3.05) is 85.8 Å². The molecule has 8 N–H and O–H groups in total. The van der Waals surface area contributed by atoms with Crippen LogP contribution in [0.25, 0.3) is 0 Å². The lowest BCUT2D eigenvalue weighted by Gasteiger charge is -2.46. The van der Waals surface area contributed by atoms with Gasteiger partial charge in [-0.3, -0.25) is 14.4 Å². The summed E-state index contributed by atoms with van der Waals surface area (Å²) in [5.41, 5.74) is 0.757. The summed E-state index contributed by atoms with van der Waals surface area (Å²) in [4.78, 5) is 47.8. The van der Waals surface area contributed by atoms with Crippen molar-refractivity contribution in [2.24, 2.45) is 0 Å². The van der Waals surface area contributed by atoms with E-state index in [1.54, 1.807) is 16.2 Å². The number of carbonyl (C=O) groups excluding carboxylic acids is 3. The molecular weight excluding hydrogens is 927 g/mol. The van der Waals surface area contributed by atoms with Crippen LogP contribution in [-0.4, -0.2) is 192 Å². The van der Waals surface area contributed by atoms with Gasteiger partial charge in [0.15, 0.2) is 0 Å². The zero-order valence-corrected chi connectivity index (χ0v) is 37.2. The summed E-state index contributed by atoms with van der Waals surface area (Å²) in [5.74, 6) is -7.84. The molecule has 68 heavy (non-hydrogen) atoms. The Labute approximate surface area is 387 Å². The number of alkyl halides is 5. The van der Waals surface area contributed by atoms with Crippen LogP contribution in [0.1, 0.15) is 55.4 Å². The molecule has 386 valence electrons. The van der Waals surface area contributed by atoms with E-state index in [0.29, 0.717) is 76.5 Å². The van der Waals surface area contributed by atoms with Crippen molar-refractivity contribution in [3.8, 4) is 0 Å². The smallest absolute Gasteiger partial charge is 0.471 e. The lowest BCUT2D eigenvalue weighted by Crippen LogP contribution is -2.68. The zero-order chi connectivity index (χ0) is 50.0. The van der Waals surface area contributed by atoms with Crippen molar-refractivity contribution in [2.45, 2.75) is 101 Å². The van der Waals surface area contributed by atoms with Crippen LogP contribution in [-0.2, 0) is 71.9 Å². The Morgan fingerprint density at radius 1 is 0.838 bits per heavy atom. The first-order chi connectivity index (χ1) is 32.5. The summed E-state index contributed by atoms with van der Waals surface area (Å²) in [6, 6.07) is 3.47. The summed E-state index contributed by atoms with van der Waals surface area (Å²) < 4.78 is 102. The average Bonchev–Trinajstić information content (AvgIpc) is 3.76. The third-order valence-electron chi connectivity index (χ3n) is 9.93. The third kappa shape index (κ3) is 21.4. The van der Waals surface area contributed by atoms with E-state index in [9.17, 15) is 66.7 Å². The number of aromatic nitrogens is 3. The zero-order valence-electron chi connectivity index (χ0n) is 37.2. The Balaban J connectivity index is 1.28. The van der Waals surface area contributed by atoms with Gasteiger partial charge < -0.3 is 74.6 Å². The van der Waals surface area contributed by atoms with E-state index in [4.69, 9.17) is 33.2 Å². The molecular formula is C41H61F5N6O16. The number of amides is 3. The second kappa shape index (κ2) is 30.8. The molecule has 1 aliphatic rings. The molecule has 0 radical (unpaired) electrons. The highest BCUT2D eigenvalue weighted by molar-refractivity contribution is 5.81. The number of rotatable bonds is 35. The summed E-state index contributed by atoms with van der Waals surface area (Å²) in [5, 5.41) is 66.8. The second-order valence-corrected chi connectivity index (χ2v) is 15.2. The number of halogens is 5. The first-order valence-electron chi connectivity index (χ1n) is 21.7. The van der Waals surface area contributed by atoms with Gasteiger partial charge in [0.05, 0.1) is 103 Å². The molecule has 22 nitrogen and oxygen atoms in total. The molecule has 2 aromatic rings. The van der Waals surface area contributed by atoms with Gasteiger partial charge in [-0.05, 0) is 18.4 Å². The van der Waals surface area contributed by atoms with Gasteiger partial charge in [0.1, 0.15) is 24.5 Å². The molecule has 1 aliphatic heterocycles. The molecule has 27 heteroatoms. The van der Waals surface area contributed by atoms with Crippen LogP contribution >= 0.6 is 0 Å². The van der Waals surface area contributed by atoms with Crippen molar-refractivity contribution in [3.05, 3.63) is 47.3 Å². The van der Waals surface area contributed by atoms with Gasteiger partial charge in [-0.25, -0.2) is 18.3 Å². The minimum atomic E-state index is -4.93. The van der Waals surface area contributed by atoms with E-state index < -0.39 is 92.1 Å². The fourth-order valence-electron chi connectivity index (χ4n) is 6.38. The van der Waals surface area contributed by atoms with Gasteiger partial charge in [0.25, 0.3) is 12.2 Å². The number of nitrogens with zero attached hydrogens (tertiary/aromatic N) is 3. The SMILES string of the molecule is O=C(Cc1ccc(C(F)F)cc1)NC[C@@H](O)[C@@H](O)[C@@H]1O[C@@](OCCCCCCOCc2cn(CCOCCOCCOCCOCCNC(=O)C(F)(F)F)nn2)(C(=O)O)C[C@H](O)[C@H]1NC(=O)CO. The van der Waals surface area contributed by atoms with Crippen LogP contribution in [0.3, 0.4) is 0 Å². The minimum Gasteiger partial charge on any atom is -0.477 e. The number of hydrogen-bond donors (Lipinski definition) is 8. The number of aliphatic hydroxyl groups excluding tert-OH is 4. The monoisotopic (exact) mass is 988 g/mol. The standard InChI is InChI=1S/C41H61F5N6O16/c42-37(43)28-7-5-27(6-8-28)21-32(56)48-23-31(55)35(58)36-34(49-33(57)25-53)30(54)22-40(68-36,39(60)61)67-12-4-2-1-3-11-66-26-29-24-52(51-50-29)10-14-63-16-18-65-20-19-64-17-15-62-13-9-47-38(59)41(44,45)46/h5-8,24,30-31,34-37,53-55,58H,1-4,9-23,25-26H2,(H,47,59)(H,48,56)(H,49,57)(H,60,61)/t30-,31+,34+,35+,36+,40+/m0/s1. The van der Waals surface area contributed by atoms with Crippen LogP contribution in [0.4, 0.5) is 22.0 Å². The van der Waals surface area contributed by atoms with Crippen LogP contribution in [0.2, 0.25) is 0 Å². The number of hydrogen-bond acceptors (Lipinski definition) is 17. The van der Waals surface area contributed by atoms with Crippen LogP contribution < -0.4 is 16.0 Å². The predicted octanol–water partition coefficient (Wildman–Crippen LogP) is -0.457. The minimum absolute atomic E-state index is 0.0841. The van der Waals surface area contributed by atoms with Crippen LogP contribution in [0.15, 0.2) is 30.5 Å². The summed E-state index contributed by atoms with van der Waals surface area (Å²) >= 11 is 0. The maximum Gasteiger partial charge on any atom is 0.471 e. The lowest BCUT2D eigenvalue weighted by molar-refractivity contribution is -0.310. The van der Waals surface area contributed by atoms with Crippen molar-refractivity contribution >= 4 is 23.7 Å². The number of nitrogens with one attached hydrogen (secondary N) is 3. The Morgan fingerprint density at radius 2 is 1.46 bits per heavy atom. The van der Waals surface area contributed by atoms with Crippen LogP contribution in [0.5, 0.6) is 0 Å². The topological polar surface area (TPSA) is 301 Å². The van der Waals surface area contributed by atoms with Gasteiger partial charge in [0, 0.05) is 31.7 Å². The highest BCUT2D eigenvalue weighted by Crippen LogP contribution is 2.34. The fourth-order valence-corrected chi connectivity index (χ4v) is 6.38. The molecule has 6 atom stereocenters. The van der Waals surface area contributed by atoms with Crippen molar-refractivity contribution in [3.63, 3.8) is 0 Å². The first kappa shape index (κ1) is 57.8. The molecule has 2 heterocycles. The van der Waals surface area contributed by atoms with E-state index in [2.05, 4.69) is 20.9 Å². The normalized spacial score (nSPS) is 19.4. The van der Waals surface area contributed by atoms with E-state index >= 15 is 0 Å². The largest absolute Gasteiger partial charge is 0.477 e. The first-order valence-corrected chi connectivity index (χ1v) is 21.7. The van der Waals surface area contributed by atoms with E-state index in [1.807, 2.05) is 0 Å². The summed E-state index contributed by atoms with van der Waals surface area (Å²) in [6.07, 6.45) is -12.0. The molecule has 3 rings (SSSR count). The maximum atomic E-state index is 12.9. The van der Waals surface area contributed by atoms with Crippen LogP contribution in [0, 0.1) is 0 Å². The van der Waals surface area contributed by atoms with Gasteiger partial charge in [-0.2, -0.15) is 13.2 Å². The number of carboxylic acids is 1. The molecule has 1 fully saturated rings. The van der Waals surface area contributed by atoms with Gasteiger partial charge >= 0.3 is 18.1 Å². The Kier molecular flexibility index (Phi) is 26.2. The molecule has 0 saturated carbocycles. The number of aliphatic carboxylic acids is 1. The number of benzene rings is 1. The molecule has 1 aromatic heterocycles. The Morgan fingerprint density at radius 3 is 2.06 bits per heavy atom.